The molecule has 1 atom stereocenters. The number of carbonyl (C=O) groups is 5. The molecule has 0 bridgehead atoms. The second-order valence-corrected chi connectivity index (χ2v) is 17.9. The average molecular weight is 931 g/mol. The van der Waals surface area contributed by atoms with E-state index >= 15 is 0 Å². The number of aryl methyl sites for hydroxylation is 1. The number of anilines is 2. The molecule has 2 fully saturated rings. The van der Waals surface area contributed by atoms with Crippen molar-refractivity contribution in [1.82, 2.24) is 34.9 Å². The first-order valence-electron chi connectivity index (χ1n) is 22.8. The summed E-state index contributed by atoms with van der Waals surface area (Å²) in [6, 6.07) is 20.1. The topological polar surface area (TPSA) is 216 Å². The Labute approximate surface area is 393 Å². The smallest absolute Gasteiger partial charge is 0.274 e. The van der Waals surface area contributed by atoms with E-state index in [2.05, 4.69) is 30.6 Å². The molecule has 2 aromatic heterocycles. The van der Waals surface area contributed by atoms with E-state index in [4.69, 9.17) is 10.5 Å². The number of pyridine rings is 1. The van der Waals surface area contributed by atoms with Crippen LogP contribution in [0.15, 0.2) is 77.7 Å². The Morgan fingerprint density at radius 3 is 2.40 bits per heavy atom. The van der Waals surface area contributed by atoms with Crippen molar-refractivity contribution >= 4 is 64.1 Å². The molecule has 5 heterocycles. The fourth-order valence-electron chi connectivity index (χ4n) is 9.51. The fraction of sp³-hybridized carbons (Fsp3) is 0.388. The summed E-state index contributed by atoms with van der Waals surface area (Å²) in [4.78, 5) is 87.3. The summed E-state index contributed by atoms with van der Waals surface area (Å²) in [6.45, 7) is 3.82. The molecule has 8 rings (SSSR count). The van der Waals surface area contributed by atoms with Crippen molar-refractivity contribution in [3.8, 4) is 22.6 Å². The van der Waals surface area contributed by atoms with Crippen molar-refractivity contribution in [2.24, 2.45) is 12.8 Å². The molecular formula is C49H58N10O7S. The number of nitrogens with one attached hydrogen (secondary N) is 5. The maximum absolute atomic E-state index is 14.6. The number of aromatic amines is 1. The van der Waals surface area contributed by atoms with E-state index in [0.29, 0.717) is 70.5 Å². The van der Waals surface area contributed by atoms with E-state index in [1.807, 2.05) is 59.7 Å². The number of likely N-dealkylation sites (tertiary alicyclic amines) is 2. The minimum absolute atomic E-state index is 0.119. The molecular weight excluding hydrogens is 873 g/mol. The number of aldehydes is 1. The van der Waals surface area contributed by atoms with Gasteiger partial charge in [-0.2, -0.15) is 0 Å². The number of hydrogen-bond acceptors (Lipinski definition) is 12. The molecule has 0 aliphatic carbocycles. The van der Waals surface area contributed by atoms with Gasteiger partial charge in [0.2, 0.25) is 5.91 Å². The van der Waals surface area contributed by atoms with Gasteiger partial charge in [-0.05, 0) is 74.6 Å². The fourth-order valence-corrected chi connectivity index (χ4v) is 9.89. The number of nitrogens with zero attached hydrogens (tertiary/aromatic N) is 4. The Morgan fingerprint density at radius 1 is 0.940 bits per heavy atom. The van der Waals surface area contributed by atoms with Crippen LogP contribution >= 0.6 is 11.9 Å². The van der Waals surface area contributed by atoms with Crippen LogP contribution in [0.4, 0.5) is 11.4 Å². The Bertz CT molecular complexity index is 2710. The first-order chi connectivity index (χ1) is 32.5. The van der Waals surface area contributed by atoms with E-state index in [9.17, 15) is 28.8 Å². The molecule has 18 heteroatoms. The standard InChI is InChI=1S/C49H58N10O7S/c1-51-44(61)13-12-32(29-60)59-28-39-34(48(59)64)10-7-11-40(39)53-30-14-20-57(21-15-30)31-16-22-58(23-17-31)47(63)37-26-43(66-33-8-5-4-6-9-33)35(24-41(37)55-67-3)38-27-56(2)49(65)45-36(38)25-42(54-45)46(62)52-19-18-50/h4-11,24-27,29-32,53-55H,12-23,28,50H2,1-3H3,(H,51,61)(H,52,62). The molecule has 67 heavy (non-hydrogen) atoms. The zero-order chi connectivity index (χ0) is 47.2. The van der Waals surface area contributed by atoms with Crippen molar-refractivity contribution in [2.75, 3.05) is 62.6 Å². The molecule has 2 saturated heterocycles. The number of ether oxygens (including phenoxy) is 1. The van der Waals surface area contributed by atoms with Crippen LogP contribution in [-0.4, -0.2) is 125 Å². The predicted molar refractivity (Wildman–Crippen MR) is 261 cm³/mol. The van der Waals surface area contributed by atoms with Gasteiger partial charge < -0.3 is 60.2 Å². The van der Waals surface area contributed by atoms with Gasteiger partial charge >= 0.3 is 0 Å². The summed E-state index contributed by atoms with van der Waals surface area (Å²) >= 11 is 1.36. The maximum Gasteiger partial charge on any atom is 0.274 e. The second kappa shape index (κ2) is 20.9. The van der Waals surface area contributed by atoms with E-state index in [0.717, 1.165) is 56.3 Å². The van der Waals surface area contributed by atoms with Crippen molar-refractivity contribution in [3.63, 3.8) is 0 Å². The predicted octanol–water partition coefficient (Wildman–Crippen LogP) is 4.93. The van der Waals surface area contributed by atoms with Crippen LogP contribution in [0.3, 0.4) is 0 Å². The Balaban J connectivity index is 0.957. The quantitative estimate of drug-likeness (QED) is 0.0541. The van der Waals surface area contributed by atoms with Crippen molar-refractivity contribution < 1.29 is 28.7 Å². The Kier molecular flexibility index (Phi) is 14.6. The van der Waals surface area contributed by atoms with E-state index in [1.165, 1.54) is 16.5 Å². The van der Waals surface area contributed by atoms with Gasteiger partial charge in [0.1, 0.15) is 29.0 Å². The Morgan fingerprint density at radius 2 is 1.70 bits per heavy atom. The summed E-state index contributed by atoms with van der Waals surface area (Å²) in [6.07, 6.45) is 8.28. The number of carbonyl (C=O) groups excluding carboxylic acids is 5. The lowest BCUT2D eigenvalue weighted by atomic mass is 9.96. The molecule has 0 spiro atoms. The number of piperidine rings is 2. The molecule has 0 saturated carbocycles. The lowest BCUT2D eigenvalue weighted by Gasteiger charge is -2.42. The number of amides is 4. The third kappa shape index (κ3) is 10.1. The van der Waals surface area contributed by atoms with Crippen LogP contribution < -0.4 is 36.7 Å². The highest BCUT2D eigenvalue weighted by atomic mass is 32.2. The lowest BCUT2D eigenvalue weighted by molar-refractivity contribution is -0.121. The van der Waals surface area contributed by atoms with Gasteiger partial charge in [0.05, 0.1) is 17.3 Å². The van der Waals surface area contributed by atoms with Gasteiger partial charge in [-0.3, -0.25) is 24.0 Å². The maximum atomic E-state index is 14.6. The minimum atomic E-state index is -0.676. The minimum Gasteiger partial charge on any atom is -0.457 e. The van der Waals surface area contributed by atoms with Crippen LogP contribution in [-0.2, 0) is 23.2 Å². The highest BCUT2D eigenvalue weighted by molar-refractivity contribution is 7.99. The van der Waals surface area contributed by atoms with Gasteiger partial charge in [0.25, 0.3) is 23.3 Å². The van der Waals surface area contributed by atoms with Crippen molar-refractivity contribution in [2.45, 2.75) is 63.2 Å². The highest BCUT2D eigenvalue weighted by Crippen LogP contribution is 2.42. The molecule has 352 valence electrons. The van der Waals surface area contributed by atoms with Gasteiger partial charge in [0, 0.05) is 124 Å². The van der Waals surface area contributed by atoms with E-state index in [1.54, 1.807) is 43.4 Å². The number of H-pyrrole nitrogens is 1. The second-order valence-electron chi connectivity index (χ2n) is 17.2. The average Bonchev–Trinajstić information content (AvgIpc) is 3.95. The van der Waals surface area contributed by atoms with E-state index in [-0.39, 0.29) is 72.4 Å². The largest absolute Gasteiger partial charge is 0.457 e. The zero-order valence-corrected chi connectivity index (χ0v) is 38.9. The summed E-state index contributed by atoms with van der Waals surface area (Å²) in [5, 5.41) is 9.58. The molecule has 3 aliphatic heterocycles. The number of hydrogen-bond donors (Lipinski definition) is 6. The Hall–Kier alpha value is -6.63. The molecule has 7 N–H and O–H groups in total. The SMILES string of the molecule is CNC(=O)CCC(C=O)N1Cc2c(NC3CCN(C4CCN(C(=O)c5cc(Oc6ccccc6)c(-c6cn(C)c(=O)c7[nH]c(C(=O)NCCN)cc67)cc5NSC)CC4)CC3)cccc2C1=O. The highest BCUT2D eigenvalue weighted by Gasteiger charge is 2.36. The van der Waals surface area contributed by atoms with Crippen LogP contribution in [0.25, 0.3) is 22.0 Å². The first kappa shape index (κ1) is 46.9. The summed E-state index contributed by atoms with van der Waals surface area (Å²) in [5.41, 5.74) is 10.5. The number of nitrogens with two attached hydrogens (primary N) is 1. The molecule has 0 radical (unpaired) electrons. The summed E-state index contributed by atoms with van der Waals surface area (Å²) in [5.74, 6) is 0.118. The number of aromatic nitrogens is 2. The summed E-state index contributed by atoms with van der Waals surface area (Å²) in [7, 11) is 3.21. The molecule has 3 aromatic carbocycles. The van der Waals surface area contributed by atoms with Gasteiger partial charge in [-0.25, -0.2) is 0 Å². The third-order valence-corrected chi connectivity index (χ3v) is 13.5. The van der Waals surface area contributed by atoms with E-state index < -0.39 is 6.04 Å². The van der Waals surface area contributed by atoms with Crippen LogP contribution in [0.1, 0.15) is 75.3 Å². The van der Waals surface area contributed by atoms with Gasteiger partial charge in [-0.15, -0.1) is 0 Å². The molecule has 4 amide bonds. The number of para-hydroxylation sites is 1. The molecule has 17 nitrogen and oxygen atoms in total. The molecule has 5 aromatic rings. The molecule has 1 unspecified atom stereocenters. The number of fused-ring (bicyclic) bond motifs is 2. The lowest BCUT2D eigenvalue weighted by Crippen LogP contribution is -2.50. The van der Waals surface area contributed by atoms with Gasteiger partial charge in [-0.1, -0.05) is 36.2 Å². The van der Waals surface area contributed by atoms with Crippen molar-refractivity contribution in [3.05, 3.63) is 106 Å². The third-order valence-electron chi connectivity index (χ3n) is 13.1. The van der Waals surface area contributed by atoms with Gasteiger partial charge in [0.15, 0.2) is 0 Å². The zero-order valence-electron chi connectivity index (χ0n) is 38.1. The van der Waals surface area contributed by atoms with Crippen molar-refractivity contribution in [1.29, 1.82) is 0 Å². The van der Waals surface area contributed by atoms with Crippen LogP contribution in [0, 0.1) is 0 Å². The molecule has 3 aliphatic rings. The number of rotatable bonds is 17. The summed E-state index contributed by atoms with van der Waals surface area (Å²) < 4.78 is 11.4. The number of benzene rings is 3. The monoisotopic (exact) mass is 930 g/mol. The first-order valence-corrected chi connectivity index (χ1v) is 24.0. The normalized spacial score (nSPS) is 16.1. The van der Waals surface area contributed by atoms with Crippen LogP contribution in [0.5, 0.6) is 11.5 Å². The van der Waals surface area contributed by atoms with Crippen LogP contribution in [0.2, 0.25) is 0 Å².